The van der Waals surface area contributed by atoms with E-state index in [0.29, 0.717) is 0 Å². The summed E-state index contributed by atoms with van der Waals surface area (Å²) in [6.07, 6.45) is 14.5. The summed E-state index contributed by atoms with van der Waals surface area (Å²) < 4.78 is 0. The zero-order valence-corrected chi connectivity index (χ0v) is 12.4. The molecule has 2 aromatic heterocycles. The summed E-state index contributed by atoms with van der Waals surface area (Å²) in [6.45, 7) is 0.784. The van der Waals surface area contributed by atoms with E-state index in [1.807, 2.05) is 12.2 Å². The molecule has 0 radical (unpaired) electrons. The Morgan fingerprint density at radius 2 is 1.74 bits per heavy atom. The number of nitrogens with one attached hydrogen (secondary N) is 2. The van der Waals surface area contributed by atoms with E-state index < -0.39 is 0 Å². The minimum absolute atomic E-state index is 0.784. The number of nitrogens with zero attached hydrogens (tertiary/aromatic N) is 3. The third-order valence-electron chi connectivity index (χ3n) is 4.07. The van der Waals surface area contributed by atoms with Crippen LogP contribution in [0.1, 0.15) is 11.4 Å². The number of H-pyrrole nitrogens is 2. The molecule has 0 aromatic carbocycles. The van der Waals surface area contributed by atoms with Crippen molar-refractivity contribution in [2.24, 2.45) is 4.99 Å². The van der Waals surface area contributed by atoms with Crippen LogP contribution in [0.25, 0.3) is 12.3 Å². The monoisotopic (exact) mass is 301 g/mol. The summed E-state index contributed by atoms with van der Waals surface area (Å²) in [7, 11) is 0. The van der Waals surface area contributed by atoms with Crippen molar-refractivity contribution < 1.29 is 0 Å². The summed E-state index contributed by atoms with van der Waals surface area (Å²) in [4.78, 5) is 15.8. The summed E-state index contributed by atoms with van der Waals surface area (Å²) in [5.41, 5.74) is 4.01. The van der Waals surface area contributed by atoms with Gasteiger partial charge in [-0.3, -0.25) is 0 Å². The molecular formula is C18H15N5. The Balaban J connectivity index is 1.69. The molecule has 0 aliphatic carbocycles. The normalized spacial score (nSPS) is 23.3. The first kappa shape index (κ1) is 12.3. The standard InChI is InChI=1S/C18H15N5/c1-2-15-10-22-7-8-23(12-22)11-16-4-6-18(21-16)17-5-3-14(20-17)9-13(1)19-15/h1-11,19-20H,12H2/b13-9-,15-10-,16-11-. The predicted molar refractivity (Wildman–Crippen MR) is 90.3 cm³/mol. The van der Waals surface area contributed by atoms with Gasteiger partial charge in [-0.25, -0.2) is 4.99 Å². The van der Waals surface area contributed by atoms with Crippen LogP contribution in [0.15, 0.2) is 65.7 Å². The Hall–Kier alpha value is -3.21. The van der Waals surface area contributed by atoms with E-state index in [0.717, 1.165) is 40.2 Å². The van der Waals surface area contributed by atoms with Crippen molar-refractivity contribution in [3.63, 3.8) is 0 Å². The Morgan fingerprint density at radius 1 is 0.870 bits per heavy atom. The van der Waals surface area contributed by atoms with E-state index in [4.69, 9.17) is 0 Å². The summed E-state index contributed by atoms with van der Waals surface area (Å²) >= 11 is 0. The zero-order chi connectivity index (χ0) is 15.2. The van der Waals surface area contributed by atoms with Crippen LogP contribution in [0.3, 0.4) is 0 Å². The molecule has 0 fully saturated rings. The molecule has 5 heterocycles. The number of aromatic nitrogens is 2. The van der Waals surface area contributed by atoms with Gasteiger partial charge < -0.3 is 19.8 Å². The lowest BCUT2D eigenvalue weighted by Crippen LogP contribution is -2.21. The Morgan fingerprint density at radius 3 is 2.70 bits per heavy atom. The van der Waals surface area contributed by atoms with Gasteiger partial charge >= 0.3 is 0 Å². The lowest BCUT2D eigenvalue weighted by Gasteiger charge is -2.14. The van der Waals surface area contributed by atoms with Crippen LogP contribution in [0.5, 0.6) is 0 Å². The van der Waals surface area contributed by atoms with Gasteiger partial charge in [0, 0.05) is 35.8 Å². The van der Waals surface area contributed by atoms with Crippen LogP contribution >= 0.6 is 0 Å². The number of fused-ring (bicyclic) bond motifs is 8. The fourth-order valence-corrected chi connectivity index (χ4v) is 2.97. The molecule has 0 saturated carbocycles. The van der Waals surface area contributed by atoms with Crippen molar-refractivity contribution >= 4 is 18.0 Å². The maximum Gasteiger partial charge on any atom is 0.0979 e. The van der Waals surface area contributed by atoms with Crippen molar-refractivity contribution in [3.05, 3.63) is 82.8 Å². The second-order valence-corrected chi connectivity index (χ2v) is 5.82. The molecule has 0 unspecified atom stereocenters. The molecule has 2 aromatic rings. The molecule has 23 heavy (non-hydrogen) atoms. The number of aliphatic imine (C=N–C) groups is 1. The first-order valence-electron chi connectivity index (χ1n) is 7.58. The Labute approximate surface area is 133 Å². The first-order chi connectivity index (χ1) is 11.3. The average molecular weight is 301 g/mol. The SMILES string of the molecule is C1=C/C2=C/N3C=CN(/C=c4/cc/c([nH]4)=C/c4ccc([nH]4)C1=N2)C3. The molecule has 2 N–H and O–H groups in total. The fourth-order valence-electron chi connectivity index (χ4n) is 2.97. The molecule has 0 saturated heterocycles. The number of rotatable bonds is 0. The van der Waals surface area contributed by atoms with Crippen LogP contribution in [-0.4, -0.2) is 32.1 Å². The largest absolute Gasteiger partial charge is 0.354 e. The van der Waals surface area contributed by atoms with Gasteiger partial charge in [0.1, 0.15) is 0 Å². The second-order valence-electron chi connectivity index (χ2n) is 5.82. The number of allylic oxidation sites excluding steroid dienone is 2. The highest BCUT2D eigenvalue weighted by Gasteiger charge is 2.12. The highest BCUT2D eigenvalue weighted by Crippen LogP contribution is 2.17. The van der Waals surface area contributed by atoms with Gasteiger partial charge in [-0.1, -0.05) is 0 Å². The van der Waals surface area contributed by atoms with E-state index in [-0.39, 0.29) is 0 Å². The number of hydrogen-bond donors (Lipinski definition) is 2. The van der Waals surface area contributed by atoms with Crippen molar-refractivity contribution in [2.75, 3.05) is 6.67 Å². The van der Waals surface area contributed by atoms with E-state index in [1.165, 1.54) is 0 Å². The number of hydrogen-bond acceptors (Lipinski definition) is 3. The van der Waals surface area contributed by atoms with Gasteiger partial charge in [0.2, 0.25) is 0 Å². The van der Waals surface area contributed by atoms with E-state index in [9.17, 15) is 0 Å². The summed E-state index contributed by atoms with van der Waals surface area (Å²) in [5.74, 6) is 0. The minimum Gasteiger partial charge on any atom is -0.354 e. The van der Waals surface area contributed by atoms with Gasteiger partial charge in [0.25, 0.3) is 0 Å². The highest BCUT2D eigenvalue weighted by atomic mass is 15.3. The van der Waals surface area contributed by atoms with Crippen LogP contribution in [0.2, 0.25) is 0 Å². The third kappa shape index (κ3) is 2.23. The topological polar surface area (TPSA) is 50.4 Å². The Bertz CT molecular complexity index is 1010. The molecule has 0 spiro atoms. The molecular weight excluding hydrogens is 286 g/mol. The lowest BCUT2D eigenvalue weighted by molar-refractivity contribution is 0.411. The molecule has 112 valence electrons. The van der Waals surface area contributed by atoms with Crippen molar-refractivity contribution in [1.29, 1.82) is 0 Å². The minimum atomic E-state index is 0.784. The van der Waals surface area contributed by atoms with Gasteiger partial charge in [0.05, 0.1) is 29.1 Å². The smallest absolute Gasteiger partial charge is 0.0979 e. The van der Waals surface area contributed by atoms with E-state index in [2.05, 4.69) is 79.9 Å². The van der Waals surface area contributed by atoms with Gasteiger partial charge in [-0.2, -0.15) is 0 Å². The molecule has 5 nitrogen and oxygen atoms in total. The zero-order valence-electron chi connectivity index (χ0n) is 12.4. The highest BCUT2D eigenvalue weighted by molar-refractivity contribution is 6.10. The van der Waals surface area contributed by atoms with Crippen LogP contribution < -0.4 is 10.7 Å². The van der Waals surface area contributed by atoms with Gasteiger partial charge in [0.15, 0.2) is 0 Å². The van der Waals surface area contributed by atoms with Gasteiger partial charge in [-0.15, -0.1) is 0 Å². The molecule has 0 amide bonds. The van der Waals surface area contributed by atoms with Gasteiger partial charge in [-0.05, 0) is 42.5 Å². The summed E-state index contributed by atoms with van der Waals surface area (Å²) in [5, 5.41) is 2.15. The van der Waals surface area contributed by atoms with Crippen LogP contribution in [0, 0.1) is 0 Å². The first-order valence-corrected chi connectivity index (χ1v) is 7.58. The molecule has 5 heteroatoms. The molecule has 5 rings (SSSR count). The number of aromatic amines is 2. The third-order valence-corrected chi connectivity index (χ3v) is 4.07. The Kier molecular flexibility index (Phi) is 2.49. The molecule has 0 atom stereocenters. The van der Waals surface area contributed by atoms with E-state index in [1.54, 1.807) is 0 Å². The van der Waals surface area contributed by atoms with Crippen molar-refractivity contribution in [1.82, 2.24) is 19.8 Å². The summed E-state index contributed by atoms with van der Waals surface area (Å²) in [6, 6.07) is 8.31. The van der Waals surface area contributed by atoms with Crippen molar-refractivity contribution in [2.45, 2.75) is 0 Å². The lowest BCUT2D eigenvalue weighted by atomic mass is 10.3. The van der Waals surface area contributed by atoms with E-state index >= 15 is 0 Å². The van der Waals surface area contributed by atoms with Crippen molar-refractivity contribution in [3.8, 4) is 0 Å². The van der Waals surface area contributed by atoms with Crippen LogP contribution in [-0.2, 0) is 0 Å². The average Bonchev–Trinajstić information content (AvgIpc) is 3.28. The molecule has 8 bridgehead atoms. The predicted octanol–water partition coefficient (Wildman–Crippen LogP) is 1.17. The molecule has 3 aliphatic heterocycles. The van der Waals surface area contributed by atoms with Crippen LogP contribution in [0.4, 0.5) is 0 Å². The second kappa shape index (κ2) is 4.64. The fraction of sp³-hybridized carbons (Fsp3) is 0.0556. The maximum absolute atomic E-state index is 4.69. The molecule has 3 aliphatic rings. The quantitative estimate of drug-likeness (QED) is 0.767. The maximum atomic E-state index is 4.69.